The summed E-state index contributed by atoms with van der Waals surface area (Å²) in [6.07, 6.45) is 1.05. The van der Waals surface area contributed by atoms with Crippen LogP contribution in [0.1, 0.15) is 23.7 Å². The summed E-state index contributed by atoms with van der Waals surface area (Å²) in [5.41, 5.74) is 13.0. The molecule has 2 atom stereocenters. The third kappa shape index (κ3) is 2.73. The monoisotopic (exact) mass is 249 g/mol. The molecule has 1 aliphatic heterocycles. The maximum absolute atomic E-state index is 11.1. The largest absolute Gasteiger partial charge is 0.397 e. The van der Waals surface area contributed by atoms with E-state index in [1.807, 2.05) is 0 Å². The summed E-state index contributed by atoms with van der Waals surface area (Å²) < 4.78 is 5.36. The molecule has 0 spiro atoms. The SMILES string of the molecule is CC(Nc1cc(C(N)=O)ccc1N)C1CCOC1. The van der Waals surface area contributed by atoms with Gasteiger partial charge in [-0.25, -0.2) is 0 Å². The van der Waals surface area contributed by atoms with E-state index in [-0.39, 0.29) is 6.04 Å². The fourth-order valence-corrected chi connectivity index (χ4v) is 2.14. The van der Waals surface area contributed by atoms with Crippen molar-refractivity contribution in [3.05, 3.63) is 23.8 Å². The Morgan fingerprint density at radius 2 is 2.33 bits per heavy atom. The van der Waals surface area contributed by atoms with E-state index in [2.05, 4.69) is 12.2 Å². The molecule has 0 aromatic heterocycles. The topological polar surface area (TPSA) is 90.4 Å². The highest BCUT2D eigenvalue weighted by Crippen LogP contribution is 2.25. The zero-order chi connectivity index (χ0) is 13.1. The lowest BCUT2D eigenvalue weighted by atomic mass is 10.00. The van der Waals surface area contributed by atoms with Gasteiger partial charge in [-0.15, -0.1) is 0 Å². The molecule has 2 rings (SSSR count). The fraction of sp³-hybridized carbons (Fsp3) is 0.462. The first-order valence-electron chi connectivity index (χ1n) is 6.11. The van der Waals surface area contributed by atoms with Gasteiger partial charge in [0.15, 0.2) is 0 Å². The number of hydrogen-bond donors (Lipinski definition) is 3. The van der Waals surface area contributed by atoms with Gasteiger partial charge in [-0.3, -0.25) is 4.79 Å². The van der Waals surface area contributed by atoms with Gasteiger partial charge in [0.2, 0.25) is 5.91 Å². The van der Waals surface area contributed by atoms with E-state index in [0.29, 0.717) is 17.2 Å². The second-order valence-electron chi connectivity index (χ2n) is 4.72. The third-order valence-electron chi connectivity index (χ3n) is 3.39. The van der Waals surface area contributed by atoms with Crippen molar-refractivity contribution in [3.63, 3.8) is 0 Å². The van der Waals surface area contributed by atoms with E-state index < -0.39 is 5.91 Å². The second-order valence-corrected chi connectivity index (χ2v) is 4.72. The fourth-order valence-electron chi connectivity index (χ4n) is 2.14. The Kier molecular flexibility index (Phi) is 3.72. The number of amides is 1. The number of anilines is 2. The maximum atomic E-state index is 11.1. The highest BCUT2D eigenvalue weighted by Gasteiger charge is 2.22. The number of benzene rings is 1. The average Bonchev–Trinajstić information content (AvgIpc) is 2.85. The summed E-state index contributed by atoms with van der Waals surface area (Å²) in [7, 11) is 0. The number of nitrogen functional groups attached to an aromatic ring is 1. The van der Waals surface area contributed by atoms with Gasteiger partial charge in [-0.1, -0.05) is 0 Å². The molecule has 0 radical (unpaired) electrons. The quantitative estimate of drug-likeness (QED) is 0.699. The molecule has 5 heteroatoms. The van der Waals surface area contributed by atoms with Gasteiger partial charge in [0.05, 0.1) is 18.0 Å². The van der Waals surface area contributed by atoms with Crippen molar-refractivity contribution >= 4 is 17.3 Å². The Labute approximate surface area is 106 Å². The van der Waals surface area contributed by atoms with E-state index >= 15 is 0 Å². The highest BCUT2D eigenvalue weighted by atomic mass is 16.5. The van der Waals surface area contributed by atoms with E-state index in [4.69, 9.17) is 16.2 Å². The molecule has 0 bridgehead atoms. The van der Waals surface area contributed by atoms with Crippen molar-refractivity contribution in [2.24, 2.45) is 11.7 Å². The Morgan fingerprint density at radius 3 is 2.94 bits per heavy atom. The number of ether oxygens (including phenoxy) is 1. The maximum Gasteiger partial charge on any atom is 0.248 e. The van der Waals surface area contributed by atoms with Crippen LogP contribution < -0.4 is 16.8 Å². The number of nitrogens with two attached hydrogens (primary N) is 2. The summed E-state index contributed by atoms with van der Waals surface area (Å²) in [6.45, 7) is 3.67. The molecule has 5 N–H and O–H groups in total. The van der Waals surface area contributed by atoms with Crippen molar-refractivity contribution in [2.75, 3.05) is 24.3 Å². The molecular weight excluding hydrogens is 230 g/mol. The number of rotatable bonds is 4. The van der Waals surface area contributed by atoms with Crippen LogP contribution in [0, 0.1) is 5.92 Å². The molecule has 1 aromatic carbocycles. The van der Waals surface area contributed by atoms with Crippen LogP contribution in [0.15, 0.2) is 18.2 Å². The summed E-state index contributed by atoms with van der Waals surface area (Å²) in [5.74, 6) is 0.0246. The molecule has 98 valence electrons. The lowest BCUT2D eigenvalue weighted by Gasteiger charge is -2.21. The van der Waals surface area contributed by atoms with Gasteiger partial charge in [0, 0.05) is 24.1 Å². The molecule has 0 saturated carbocycles. The zero-order valence-corrected chi connectivity index (χ0v) is 10.5. The molecule has 1 aromatic rings. The van der Waals surface area contributed by atoms with Crippen molar-refractivity contribution in [3.8, 4) is 0 Å². The van der Waals surface area contributed by atoms with Crippen molar-refractivity contribution < 1.29 is 9.53 Å². The standard InChI is InChI=1S/C13H19N3O2/c1-8(10-4-5-18-7-10)16-12-6-9(13(15)17)2-3-11(12)14/h2-3,6,8,10,16H,4-5,7,14H2,1H3,(H2,15,17). The van der Waals surface area contributed by atoms with Crippen LogP contribution in [0.25, 0.3) is 0 Å². The summed E-state index contributed by atoms with van der Waals surface area (Å²) in [4.78, 5) is 11.1. The Bertz CT molecular complexity index is 442. The van der Waals surface area contributed by atoms with Crippen LogP contribution in [0.5, 0.6) is 0 Å². The first-order valence-corrected chi connectivity index (χ1v) is 6.11. The van der Waals surface area contributed by atoms with Gasteiger partial charge in [0.1, 0.15) is 0 Å². The van der Waals surface area contributed by atoms with Crippen LogP contribution in [0.2, 0.25) is 0 Å². The first kappa shape index (κ1) is 12.7. The third-order valence-corrected chi connectivity index (χ3v) is 3.39. The second kappa shape index (κ2) is 5.27. The van der Waals surface area contributed by atoms with Crippen molar-refractivity contribution in [1.82, 2.24) is 0 Å². The normalized spacial score (nSPS) is 20.6. The minimum absolute atomic E-state index is 0.248. The van der Waals surface area contributed by atoms with Gasteiger partial charge in [-0.05, 0) is 31.5 Å². The van der Waals surface area contributed by atoms with Crippen LogP contribution in [0.4, 0.5) is 11.4 Å². The lowest BCUT2D eigenvalue weighted by molar-refractivity contribution is 0.100. The Hall–Kier alpha value is -1.75. The highest BCUT2D eigenvalue weighted by molar-refractivity contribution is 5.94. The smallest absolute Gasteiger partial charge is 0.248 e. The van der Waals surface area contributed by atoms with Gasteiger partial charge in [0.25, 0.3) is 0 Å². The molecule has 1 amide bonds. The van der Waals surface area contributed by atoms with Crippen molar-refractivity contribution in [2.45, 2.75) is 19.4 Å². The van der Waals surface area contributed by atoms with Gasteiger partial charge in [-0.2, -0.15) is 0 Å². The average molecular weight is 249 g/mol. The zero-order valence-electron chi connectivity index (χ0n) is 10.5. The summed E-state index contributed by atoms with van der Waals surface area (Å²) in [5, 5.41) is 3.33. The van der Waals surface area contributed by atoms with Gasteiger partial charge < -0.3 is 21.5 Å². The minimum atomic E-state index is -0.449. The van der Waals surface area contributed by atoms with Crippen LogP contribution in [-0.4, -0.2) is 25.2 Å². The van der Waals surface area contributed by atoms with E-state index in [0.717, 1.165) is 25.3 Å². The lowest BCUT2D eigenvalue weighted by Crippen LogP contribution is -2.26. The van der Waals surface area contributed by atoms with E-state index in [1.54, 1.807) is 18.2 Å². The summed E-state index contributed by atoms with van der Waals surface area (Å²) >= 11 is 0. The predicted octanol–water partition coefficient (Wildman–Crippen LogP) is 1.20. The van der Waals surface area contributed by atoms with Crippen LogP contribution >= 0.6 is 0 Å². The summed E-state index contributed by atoms with van der Waals surface area (Å²) in [6, 6.07) is 5.27. The molecule has 1 saturated heterocycles. The molecule has 1 fully saturated rings. The molecule has 1 heterocycles. The number of carbonyl (C=O) groups excluding carboxylic acids is 1. The number of primary amides is 1. The molecule has 2 unspecified atom stereocenters. The van der Waals surface area contributed by atoms with Crippen LogP contribution in [-0.2, 0) is 4.74 Å². The molecule has 5 nitrogen and oxygen atoms in total. The van der Waals surface area contributed by atoms with E-state index in [9.17, 15) is 4.79 Å². The molecule has 18 heavy (non-hydrogen) atoms. The Morgan fingerprint density at radius 1 is 1.56 bits per heavy atom. The van der Waals surface area contributed by atoms with E-state index in [1.165, 1.54) is 0 Å². The number of nitrogens with one attached hydrogen (secondary N) is 1. The van der Waals surface area contributed by atoms with Crippen molar-refractivity contribution in [1.29, 1.82) is 0 Å². The molecule has 0 aliphatic carbocycles. The predicted molar refractivity (Wildman–Crippen MR) is 71.4 cm³/mol. The molecule has 1 aliphatic rings. The Balaban J connectivity index is 2.12. The first-order chi connectivity index (χ1) is 8.58. The molecular formula is C13H19N3O2. The van der Waals surface area contributed by atoms with Gasteiger partial charge >= 0.3 is 0 Å². The minimum Gasteiger partial charge on any atom is -0.397 e. The number of hydrogen-bond acceptors (Lipinski definition) is 4. The van der Waals surface area contributed by atoms with Crippen LogP contribution in [0.3, 0.4) is 0 Å². The number of carbonyl (C=O) groups is 1.